The van der Waals surface area contributed by atoms with Crippen LogP contribution in [0.2, 0.25) is 0 Å². The summed E-state index contributed by atoms with van der Waals surface area (Å²) >= 11 is 1.73. The first-order chi connectivity index (χ1) is 8.10. The molecule has 4 nitrogen and oxygen atoms in total. The van der Waals surface area contributed by atoms with Crippen molar-refractivity contribution in [1.82, 2.24) is 15.5 Å². The van der Waals surface area contributed by atoms with Crippen molar-refractivity contribution in [3.8, 4) is 0 Å². The molecule has 4 atom stereocenters. The molecular weight excluding hydrogens is 234 g/mol. The van der Waals surface area contributed by atoms with Gasteiger partial charge >= 0.3 is 0 Å². The summed E-state index contributed by atoms with van der Waals surface area (Å²) in [7, 11) is 2.04. The largest absolute Gasteiger partial charge is 0.416 e. The summed E-state index contributed by atoms with van der Waals surface area (Å²) in [6, 6.07) is 0.533. The van der Waals surface area contributed by atoms with Crippen molar-refractivity contribution in [1.29, 1.82) is 0 Å². The van der Waals surface area contributed by atoms with E-state index in [0.29, 0.717) is 28.3 Å². The Morgan fingerprint density at radius 1 is 1.29 bits per heavy atom. The van der Waals surface area contributed by atoms with Crippen molar-refractivity contribution in [2.75, 3.05) is 7.05 Å². The van der Waals surface area contributed by atoms with E-state index >= 15 is 0 Å². The molecule has 1 heterocycles. The number of aryl methyl sites for hydroxylation is 1. The second-order valence-electron chi connectivity index (χ2n) is 5.12. The van der Waals surface area contributed by atoms with Crippen LogP contribution in [0.15, 0.2) is 9.64 Å². The normalized spacial score (nSPS) is 33.9. The van der Waals surface area contributed by atoms with Crippen molar-refractivity contribution in [2.24, 2.45) is 11.8 Å². The van der Waals surface area contributed by atoms with Gasteiger partial charge in [0, 0.05) is 18.2 Å². The fourth-order valence-corrected chi connectivity index (χ4v) is 4.00. The third-order valence-electron chi connectivity index (χ3n) is 3.50. The molecule has 1 N–H and O–H groups in total. The second-order valence-corrected chi connectivity index (χ2v) is 6.25. The maximum Gasteiger partial charge on any atom is 0.276 e. The van der Waals surface area contributed by atoms with Gasteiger partial charge in [0.15, 0.2) is 0 Å². The Bertz CT molecular complexity index is 368. The Morgan fingerprint density at radius 3 is 2.65 bits per heavy atom. The Kier molecular flexibility index (Phi) is 4.09. The van der Waals surface area contributed by atoms with Gasteiger partial charge in [-0.05, 0) is 31.7 Å². The summed E-state index contributed by atoms with van der Waals surface area (Å²) < 4.78 is 5.47. The van der Waals surface area contributed by atoms with Crippen LogP contribution < -0.4 is 5.32 Å². The van der Waals surface area contributed by atoms with Gasteiger partial charge in [-0.3, -0.25) is 0 Å². The highest BCUT2D eigenvalue weighted by Crippen LogP contribution is 2.39. The molecule has 4 unspecified atom stereocenters. The Hall–Kier alpha value is -0.550. The van der Waals surface area contributed by atoms with Crippen LogP contribution >= 0.6 is 11.8 Å². The summed E-state index contributed by atoms with van der Waals surface area (Å²) in [5, 5.41) is 12.6. The van der Waals surface area contributed by atoms with Crippen molar-refractivity contribution in [3.63, 3.8) is 0 Å². The van der Waals surface area contributed by atoms with Crippen LogP contribution in [0.3, 0.4) is 0 Å². The van der Waals surface area contributed by atoms with E-state index in [1.54, 1.807) is 11.8 Å². The molecule has 0 spiro atoms. The number of thioether (sulfide) groups is 1. The van der Waals surface area contributed by atoms with Gasteiger partial charge < -0.3 is 9.73 Å². The summed E-state index contributed by atoms with van der Waals surface area (Å²) in [4.78, 5) is 0. The van der Waals surface area contributed by atoms with E-state index in [4.69, 9.17) is 4.42 Å². The minimum Gasteiger partial charge on any atom is -0.416 e. The standard InChI is InChI=1S/C12H21N3OS/c1-7-5-8(2)11(10(6-7)13-4)17-12-15-14-9(3)16-12/h7-8,10-11,13H,5-6H2,1-4H3. The molecule has 1 aromatic rings. The van der Waals surface area contributed by atoms with Crippen LogP contribution in [0.25, 0.3) is 0 Å². The van der Waals surface area contributed by atoms with Crippen LogP contribution in [-0.2, 0) is 0 Å². The SMILES string of the molecule is CNC1CC(C)CC(C)C1Sc1nnc(C)o1. The topological polar surface area (TPSA) is 51.0 Å². The van der Waals surface area contributed by atoms with Crippen LogP contribution in [0.1, 0.15) is 32.6 Å². The molecule has 0 saturated heterocycles. The zero-order valence-corrected chi connectivity index (χ0v) is 11.8. The van der Waals surface area contributed by atoms with Gasteiger partial charge in [0.2, 0.25) is 5.89 Å². The molecular formula is C12H21N3OS. The van der Waals surface area contributed by atoms with Crippen molar-refractivity contribution < 1.29 is 4.42 Å². The van der Waals surface area contributed by atoms with Crippen molar-refractivity contribution in [3.05, 3.63) is 5.89 Å². The average Bonchev–Trinajstić information content (AvgIpc) is 2.67. The fraction of sp³-hybridized carbons (Fsp3) is 0.833. The van der Waals surface area contributed by atoms with E-state index in [-0.39, 0.29) is 0 Å². The van der Waals surface area contributed by atoms with Gasteiger partial charge in [0.1, 0.15) is 0 Å². The molecule has 2 rings (SSSR count). The quantitative estimate of drug-likeness (QED) is 0.899. The Morgan fingerprint density at radius 2 is 2.06 bits per heavy atom. The highest BCUT2D eigenvalue weighted by molar-refractivity contribution is 7.99. The molecule has 1 aromatic heterocycles. The van der Waals surface area contributed by atoms with E-state index in [9.17, 15) is 0 Å². The van der Waals surface area contributed by atoms with Gasteiger partial charge in [0.05, 0.1) is 0 Å². The first-order valence-corrected chi connectivity index (χ1v) is 7.12. The zero-order valence-electron chi connectivity index (χ0n) is 10.9. The predicted octanol–water partition coefficient (Wildman–Crippen LogP) is 2.49. The minimum atomic E-state index is 0.524. The van der Waals surface area contributed by atoms with E-state index in [1.165, 1.54) is 12.8 Å². The number of nitrogens with zero attached hydrogens (tertiary/aromatic N) is 2. The van der Waals surface area contributed by atoms with Gasteiger partial charge in [-0.1, -0.05) is 25.6 Å². The molecule has 1 aliphatic rings. The summed E-state index contributed by atoms with van der Waals surface area (Å²) in [6.07, 6.45) is 2.51. The van der Waals surface area contributed by atoms with Crippen molar-refractivity contribution >= 4 is 11.8 Å². The van der Waals surface area contributed by atoms with Gasteiger partial charge in [-0.25, -0.2) is 0 Å². The number of nitrogens with one attached hydrogen (secondary N) is 1. The lowest BCUT2D eigenvalue weighted by Gasteiger charge is -2.38. The van der Waals surface area contributed by atoms with E-state index < -0.39 is 0 Å². The van der Waals surface area contributed by atoms with Gasteiger partial charge in [-0.15, -0.1) is 10.2 Å². The smallest absolute Gasteiger partial charge is 0.276 e. The average molecular weight is 255 g/mol. The second kappa shape index (κ2) is 5.40. The third kappa shape index (κ3) is 3.01. The summed E-state index contributed by atoms with van der Waals surface area (Å²) in [6.45, 7) is 6.48. The monoisotopic (exact) mass is 255 g/mol. The molecule has 1 aliphatic carbocycles. The molecule has 96 valence electrons. The summed E-state index contributed by atoms with van der Waals surface area (Å²) in [5.41, 5.74) is 0. The Labute approximate surface area is 107 Å². The third-order valence-corrected chi connectivity index (χ3v) is 4.93. The number of hydrogen-bond acceptors (Lipinski definition) is 5. The van der Waals surface area contributed by atoms with Crippen LogP contribution in [0, 0.1) is 18.8 Å². The number of rotatable bonds is 3. The van der Waals surface area contributed by atoms with E-state index in [2.05, 4.69) is 29.4 Å². The van der Waals surface area contributed by atoms with Gasteiger partial charge in [0.25, 0.3) is 5.22 Å². The zero-order chi connectivity index (χ0) is 12.4. The Balaban J connectivity index is 2.06. The lowest BCUT2D eigenvalue weighted by molar-refractivity contribution is 0.255. The number of hydrogen-bond donors (Lipinski definition) is 1. The lowest BCUT2D eigenvalue weighted by atomic mass is 9.80. The predicted molar refractivity (Wildman–Crippen MR) is 69.1 cm³/mol. The molecule has 0 bridgehead atoms. The molecule has 0 radical (unpaired) electrons. The molecule has 0 aliphatic heterocycles. The van der Waals surface area contributed by atoms with Gasteiger partial charge in [-0.2, -0.15) is 0 Å². The summed E-state index contributed by atoms with van der Waals surface area (Å²) in [5.74, 6) is 2.11. The molecule has 1 saturated carbocycles. The molecule has 1 fully saturated rings. The fourth-order valence-electron chi connectivity index (χ4n) is 2.75. The van der Waals surface area contributed by atoms with E-state index in [1.807, 2.05) is 14.0 Å². The van der Waals surface area contributed by atoms with Crippen molar-refractivity contribution in [2.45, 2.75) is 50.1 Å². The first kappa shape index (κ1) is 12.9. The maximum absolute atomic E-state index is 5.47. The highest BCUT2D eigenvalue weighted by Gasteiger charge is 2.34. The molecule has 0 amide bonds. The molecule has 17 heavy (non-hydrogen) atoms. The van der Waals surface area contributed by atoms with E-state index in [0.717, 1.165) is 5.92 Å². The maximum atomic E-state index is 5.47. The minimum absolute atomic E-state index is 0.524. The van der Waals surface area contributed by atoms with Crippen LogP contribution in [-0.4, -0.2) is 28.5 Å². The molecule has 0 aromatic carbocycles. The molecule has 5 heteroatoms. The van der Waals surface area contributed by atoms with Crippen LogP contribution in [0.4, 0.5) is 0 Å². The highest BCUT2D eigenvalue weighted by atomic mass is 32.2. The number of aromatic nitrogens is 2. The lowest BCUT2D eigenvalue weighted by Crippen LogP contribution is -2.44. The van der Waals surface area contributed by atoms with Crippen LogP contribution in [0.5, 0.6) is 0 Å². The first-order valence-electron chi connectivity index (χ1n) is 6.24.